The van der Waals surface area contributed by atoms with E-state index in [1.165, 1.54) is 0 Å². The molecule has 16 heavy (non-hydrogen) atoms. The van der Waals surface area contributed by atoms with Crippen LogP contribution in [0.5, 0.6) is 0 Å². The highest BCUT2D eigenvalue weighted by atomic mass is 16.4. The monoisotopic (exact) mass is 229 g/mol. The zero-order valence-electron chi connectivity index (χ0n) is 9.95. The summed E-state index contributed by atoms with van der Waals surface area (Å²) in [5, 5.41) is 24.3. The Morgan fingerprint density at radius 3 is 2.75 bits per heavy atom. The maximum atomic E-state index is 9.54. The van der Waals surface area contributed by atoms with Crippen LogP contribution >= 0.6 is 0 Å². The third-order valence-electron chi connectivity index (χ3n) is 3.14. The molecule has 0 aromatic heterocycles. The van der Waals surface area contributed by atoms with Gasteiger partial charge in [0.15, 0.2) is 0 Å². The lowest BCUT2D eigenvalue weighted by Gasteiger charge is -2.17. The Labute approximate surface area is 96.7 Å². The Kier molecular flexibility index (Phi) is 5.02. The fourth-order valence-corrected chi connectivity index (χ4v) is 1.95. The van der Waals surface area contributed by atoms with Gasteiger partial charge < -0.3 is 21.4 Å². The Balaban J connectivity index is 2.17. The molecule has 1 unspecified atom stereocenters. The number of nitrogens with zero attached hydrogens (tertiary/aromatic N) is 1. The lowest BCUT2D eigenvalue weighted by Crippen LogP contribution is -2.33. The molecule has 1 rings (SSSR count). The summed E-state index contributed by atoms with van der Waals surface area (Å²) >= 11 is 0. The molecule has 1 fully saturated rings. The van der Waals surface area contributed by atoms with Gasteiger partial charge in [-0.15, -0.1) is 0 Å². The smallest absolute Gasteiger partial charge is 0.139 e. The van der Waals surface area contributed by atoms with E-state index in [0.29, 0.717) is 18.8 Å². The molecule has 5 heteroatoms. The molecule has 1 atom stereocenters. The van der Waals surface area contributed by atoms with Gasteiger partial charge >= 0.3 is 0 Å². The number of oxime groups is 1. The minimum Gasteiger partial charge on any atom is -0.409 e. The standard InChI is InChI=1S/C11H23N3O2/c1-2-3-9(15)7-13-8-11(4-5-11)6-10(12)14-16/h9,13,15-16H,2-8H2,1H3,(H2,12,14). The molecule has 0 radical (unpaired) electrons. The van der Waals surface area contributed by atoms with Crippen LogP contribution in [0, 0.1) is 5.41 Å². The van der Waals surface area contributed by atoms with E-state index in [-0.39, 0.29) is 11.5 Å². The van der Waals surface area contributed by atoms with Crippen molar-refractivity contribution in [2.45, 2.75) is 45.1 Å². The van der Waals surface area contributed by atoms with Crippen molar-refractivity contribution in [2.24, 2.45) is 16.3 Å². The predicted molar refractivity (Wildman–Crippen MR) is 63.5 cm³/mol. The van der Waals surface area contributed by atoms with Crippen LogP contribution in [0.3, 0.4) is 0 Å². The summed E-state index contributed by atoms with van der Waals surface area (Å²) in [7, 11) is 0. The van der Waals surface area contributed by atoms with E-state index in [1.807, 2.05) is 0 Å². The molecule has 0 aliphatic heterocycles. The van der Waals surface area contributed by atoms with Crippen LogP contribution in [0.25, 0.3) is 0 Å². The van der Waals surface area contributed by atoms with E-state index in [9.17, 15) is 5.11 Å². The topological polar surface area (TPSA) is 90.9 Å². The zero-order valence-corrected chi connectivity index (χ0v) is 9.95. The van der Waals surface area contributed by atoms with E-state index >= 15 is 0 Å². The van der Waals surface area contributed by atoms with Crippen molar-refractivity contribution >= 4 is 5.84 Å². The number of nitrogens with two attached hydrogens (primary N) is 1. The number of amidine groups is 1. The Hall–Kier alpha value is -0.810. The number of aliphatic hydroxyl groups excluding tert-OH is 1. The van der Waals surface area contributed by atoms with Crippen molar-refractivity contribution in [3.63, 3.8) is 0 Å². The number of aliphatic hydroxyl groups is 1. The van der Waals surface area contributed by atoms with Crippen molar-refractivity contribution in [1.29, 1.82) is 0 Å². The minimum atomic E-state index is -0.260. The molecule has 0 amide bonds. The number of hydrogen-bond acceptors (Lipinski definition) is 4. The summed E-state index contributed by atoms with van der Waals surface area (Å²) in [4.78, 5) is 0. The van der Waals surface area contributed by atoms with E-state index in [2.05, 4.69) is 17.4 Å². The molecule has 0 aromatic carbocycles. The van der Waals surface area contributed by atoms with Gasteiger partial charge in [0.2, 0.25) is 0 Å². The van der Waals surface area contributed by atoms with E-state index in [1.54, 1.807) is 0 Å². The first kappa shape index (κ1) is 13.3. The largest absolute Gasteiger partial charge is 0.409 e. The summed E-state index contributed by atoms with van der Waals surface area (Å²) in [6, 6.07) is 0. The van der Waals surface area contributed by atoms with Gasteiger partial charge in [-0.2, -0.15) is 0 Å². The second-order valence-electron chi connectivity index (χ2n) is 4.84. The van der Waals surface area contributed by atoms with Crippen LogP contribution in [0.4, 0.5) is 0 Å². The predicted octanol–water partition coefficient (Wildman–Crippen LogP) is 0.654. The van der Waals surface area contributed by atoms with E-state index in [4.69, 9.17) is 10.9 Å². The Bertz CT molecular complexity index is 239. The van der Waals surface area contributed by atoms with Crippen molar-refractivity contribution in [3.8, 4) is 0 Å². The molecule has 1 saturated carbocycles. The average Bonchev–Trinajstić information content (AvgIpc) is 2.98. The highest BCUT2D eigenvalue weighted by Crippen LogP contribution is 2.48. The second-order valence-corrected chi connectivity index (χ2v) is 4.84. The zero-order chi connectivity index (χ0) is 12.0. The molecule has 0 spiro atoms. The van der Waals surface area contributed by atoms with Crippen molar-refractivity contribution in [3.05, 3.63) is 0 Å². The molecular formula is C11H23N3O2. The highest BCUT2D eigenvalue weighted by Gasteiger charge is 2.42. The highest BCUT2D eigenvalue weighted by molar-refractivity contribution is 5.80. The van der Waals surface area contributed by atoms with Gasteiger partial charge in [0.05, 0.1) is 6.10 Å². The van der Waals surface area contributed by atoms with Crippen LogP contribution in [0.15, 0.2) is 5.16 Å². The van der Waals surface area contributed by atoms with E-state index < -0.39 is 0 Å². The van der Waals surface area contributed by atoms with Gasteiger partial charge in [-0.05, 0) is 24.7 Å². The second kappa shape index (κ2) is 6.06. The first-order valence-corrected chi connectivity index (χ1v) is 5.97. The summed E-state index contributed by atoms with van der Waals surface area (Å²) in [5.41, 5.74) is 5.67. The number of rotatable bonds is 8. The average molecular weight is 229 g/mol. The molecule has 5 N–H and O–H groups in total. The van der Waals surface area contributed by atoms with Gasteiger partial charge in [0.1, 0.15) is 5.84 Å². The first-order chi connectivity index (χ1) is 7.62. The lowest BCUT2D eigenvalue weighted by atomic mass is 10.0. The minimum absolute atomic E-state index is 0.169. The van der Waals surface area contributed by atoms with E-state index in [0.717, 1.165) is 32.2 Å². The number of hydrogen-bond donors (Lipinski definition) is 4. The van der Waals surface area contributed by atoms with Crippen molar-refractivity contribution in [1.82, 2.24) is 5.32 Å². The Morgan fingerprint density at radius 1 is 1.56 bits per heavy atom. The third kappa shape index (κ3) is 4.37. The number of nitrogens with one attached hydrogen (secondary N) is 1. The quantitative estimate of drug-likeness (QED) is 0.213. The molecule has 1 aliphatic carbocycles. The SMILES string of the molecule is CCCC(O)CNCC1(CC(N)=NO)CC1. The van der Waals surface area contributed by atoms with Gasteiger partial charge in [0, 0.05) is 19.5 Å². The molecule has 5 nitrogen and oxygen atoms in total. The first-order valence-electron chi connectivity index (χ1n) is 5.97. The summed E-state index contributed by atoms with van der Waals surface area (Å²) in [5.74, 6) is 0.299. The fraction of sp³-hybridized carbons (Fsp3) is 0.909. The van der Waals surface area contributed by atoms with Crippen molar-refractivity contribution < 1.29 is 10.3 Å². The fourth-order valence-electron chi connectivity index (χ4n) is 1.95. The van der Waals surface area contributed by atoms with Crippen molar-refractivity contribution in [2.75, 3.05) is 13.1 Å². The Morgan fingerprint density at radius 2 is 2.25 bits per heavy atom. The molecule has 0 saturated heterocycles. The summed E-state index contributed by atoms with van der Waals surface area (Å²) in [6.07, 6.45) is 4.43. The molecule has 0 heterocycles. The van der Waals surface area contributed by atoms with Crippen LogP contribution in [0.2, 0.25) is 0 Å². The third-order valence-corrected chi connectivity index (χ3v) is 3.14. The molecule has 0 aromatic rings. The maximum Gasteiger partial charge on any atom is 0.139 e. The lowest BCUT2D eigenvalue weighted by molar-refractivity contribution is 0.158. The van der Waals surface area contributed by atoms with Gasteiger partial charge in [-0.3, -0.25) is 0 Å². The maximum absolute atomic E-state index is 9.54. The van der Waals surface area contributed by atoms with Crippen LogP contribution in [-0.4, -0.2) is 35.3 Å². The molecule has 94 valence electrons. The molecule has 1 aliphatic rings. The van der Waals surface area contributed by atoms with Gasteiger partial charge in [-0.25, -0.2) is 0 Å². The van der Waals surface area contributed by atoms with Crippen LogP contribution in [0.1, 0.15) is 39.0 Å². The van der Waals surface area contributed by atoms with Crippen LogP contribution in [-0.2, 0) is 0 Å². The molecule has 0 bridgehead atoms. The summed E-state index contributed by atoms with van der Waals surface area (Å²) in [6.45, 7) is 3.53. The van der Waals surface area contributed by atoms with Crippen LogP contribution < -0.4 is 11.1 Å². The van der Waals surface area contributed by atoms with Gasteiger partial charge in [-0.1, -0.05) is 18.5 Å². The van der Waals surface area contributed by atoms with Gasteiger partial charge in [0.25, 0.3) is 0 Å². The summed E-state index contributed by atoms with van der Waals surface area (Å²) < 4.78 is 0. The molecular weight excluding hydrogens is 206 g/mol. The normalized spacial score (nSPS) is 20.8.